The number of nitrogens with zero attached hydrogens (tertiary/aromatic N) is 2. The summed E-state index contributed by atoms with van der Waals surface area (Å²) in [4.78, 5) is 19.2. The minimum Gasteiger partial charge on any atom is -0.377 e. The van der Waals surface area contributed by atoms with Gasteiger partial charge in [0.05, 0.1) is 5.52 Å². The first-order chi connectivity index (χ1) is 15.1. The highest BCUT2D eigenvalue weighted by atomic mass is 16.1. The first kappa shape index (κ1) is 20.9. The molecule has 160 valence electrons. The van der Waals surface area contributed by atoms with Crippen LogP contribution in [0, 0.1) is 0 Å². The Morgan fingerprint density at radius 3 is 2.39 bits per heavy atom. The summed E-state index contributed by atoms with van der Waals surface area (Å²) in [6, 6.07) is 20.9. The van der Waals surface area contributed by atoms with Crippen molar-refractivity contribution in [2.75, 3.05) is 24.3 Å². The van der Waals surface area contributed by atoms with Crippen molar-refractivity contribution in [3.63, 3.8) is 0 Å². The average molecular weight is 415 g/mol. The first-order valence-corrected chi connectivity index (χ1v) is 11.0. The SMILES string of the molecule is CN(C)c1cc(NC2CCC(NC(=O)/C=C/c3ccccc3)CC2)nc2ccccc12. The van der Waals surface area contributed by atoms with Crippen LogP contribution in [-0.4, -0.2) is 37.1 Å². The van der Waals surface area contributed by atoms with Gasteiger partial charge in [-0.05, 0) is 43.4 Å². The zero-order valence-corrected chi connectivity index (χ0v) is 18.2. The van der Waals surface area contributed by atoms with Gasteiger partial charge in [0.25, 0.3) is 0 Å². The van der Waals surface area contributed by atoms with Crippen molar-refractivity contribution in [1.29, 1.82) is 0 Å². The van der Waals surface area contributed by atoms with Crippen LogP contribution in [0.2, 0.25) is 0 Å². The molecule has 1 amide bonds. The summed E-state index contributed by atoms with van der Waals surface area (Å²) < 4.78 is 0. The maximum absolute atomic E-state index is 12.3. The van der Waals surface area contributed by atoms with Crippen LogP contribution in [0.4, 0.5) is 11.5 Å². The quantitative estimate of drug-likeness (QED) is 0.566. The lowest BCUT2D eigenvalue weighted by Gasteiger charge is -2.30. The third-order valence-corrected chi connectivity index (χ3v) is 5.83. The molecule has 0 bridgehead atoms. The van der Waals surface area contributed by atoms with Gasteiger partial charge in [0.2, 0.25) is 5.91 Å². The van der Waals surface area contributed by atoms with Gasteiger partial charge in [-0.25, -0.2) is 4.98 Å². The molecular weight excluding hydrogens is 384 g/mol. The Morgan fingerprint density at radius 1 is 0.968 bits per heavy atom. The highest BCUT2D eigenvalue weighted by Gasteiger charge is 2.22. The van der Waals surface area contributed by atoms with Gasteiger partial charge in [-0.2, -0.15) is 0 Å². The van der Waals surface area contributed by atoms with Crippen LogP contribution in [0.5, 0.6) is 0 Å². The second-order valence-corrected chi connectivity index (χ2v) is 8.38. The van der Waals surface area contributed by atoms with Gasteiger partial charge in [-0.3, -0.25) is 4.79 Å². The van der Waals surface area contributed by atoms with Crippen molar-refractivity contribution in [3.8, 4) is 0 Å². The topological polar surface area (TPSA) is 57.3 Å². The monoisotopic (exact) mass is 414 g/mol. The van der Waals surface area contributed by atoms with Crippen LogP contribution in [0.3, 0.4) is 0 Å². The Bertz CT molecular complexity index is 1050. The Hall–Kier alpha value is -3.34. The van der Waals surface area contributed by atoms with Crippen molar-refractivity contribution >= 4 is 34.4 Å². The maximum Gasteiger partial charge on any atom is 0.244 e. The van der Waals surface area contributed by atoms with Crippen molar-refractivity contribution in [1.82, 2.24) is 10.3 Å². The number of benzene rings is 2. The van der Waals surface area contributed by atoms with Gasteiger partial charge in [0.1, 0.15) is 5.82 Å². The number of hydrogen-bond acceptors (Lipinski definition) is 4. The Balaban J connectivity index is 1.32. The molecule has 0 radical (unpaired) electrons. The third-order valence-electron chi connectivity index (χ3n) is 5.83. The molecule has 1 aromatic heterocycles. The number of amides is 1. The molecule has 0 saturated heterocycles. The van der Waals surface area contributed by atoms with Crippen molar-refractivity contribution < 1.29 is 4.79 Å². The number of anilines is 2. The predicted molar refractivity (Wildman–Crippen MR) is 129 cm³/mol. The molecule has 5 nitrogen and oxygen atoms in total. The lowest BCUT2D eigenvalue weighted by atomic mass is 9.91. The van der Waals surface area contributed by atoms with Crippen LogP contribution in [-0.2, 0) is 4.79 Å². The average Bonchev–Trinajstić information content (AvgIpc) is 2.79. The van der Waals surface area contributed by atoms with E-state index in [0.717, 1.165) is 48.0 Å². The Morgan fingerprint density at radius 2 is 1.65 bits per heavy atom. The summed E-state index contributed by atoms with van der Waals surface area (Å²) >= 11 is 0. The smallest absolute Gasteiger partial charge is 0.244 e. The van der Waals surface area contributed by atoms with Crippen LogP contribution < -0.4 is 15.5 Å². The number of nitrogens with one attached hydrogen (secondary N) is 2. The van der Waals surface area contributed by atoms with Crippen LogP contribution in [0.15, 0.2) is 66.7 Å². The second-order valence-electron chi connectivity index (χ2n) is 8.38. The van der Waals surface area contributed by atoms with E-state index in [1.807, 2.05) is 42.5 Å². The molecule has 0 aliphatic heterocycles. The molecule has 4 rings (SSSR count). The molecule has 1 saturated carbocycles. The number of hydrogen-bond donors (Lipinski definition) is 2. The van der Waals surface area contributed by atoms with E-state index < -0.39 is 0 Å². The number of fused-ring (bicyclic) bond motifs is 1. The summed E-state index contributed by atoms with van der Waals surface area (Å²) in [5.41, 5.74) is 3.20. The zero-order valence-electron chi connectivity index (χ0n) is 18.2. The normalized spacial score (nSPS) is 18.8. The summed E-state index contributed by atoms with van der Waals surface area (Å²) in [5, 5.41) is 7.93. The summed E-state index contributed by atoms with van der Waals surface area (Å²) in [5.74, 6) is 0.896. The summed E-state index contributed by atoms with van der Waals surface area (Å²) in [6.07, 6.45) is 7.45. The van der Waals surface area contributed by atoms with E-state index in [2.05, 4.69) is 53.9 Å². The molecule has 5 heteroatoms. The lowest BCUT2D eigenvalue weighted by Crippen LogP contribution is -2.39. The molecule has 1 fully saturated rings. The van der Waals surface area contributed by atoms with E-state index in [1.54, 1.807) is 6.08 Å². The van der Waals surface area contributed by atoms with E-state index in [4.69, 9.17) is 4.98 Å². The highest BCUT2D eigenvalue weighted by Crippen LogP contribution is 2.29. The van der Waals surface area contributed by atoms with E-state index in [1.165, 1.54) is 5.69 Å². The van der Waals surface area contributed by atoms with E-state index in [0.29, 0.717) is 6.04 Å². The standard InChI is InChI=1S/C26H30N4O/c1-30(2)24-18-25(29-23-11-7-6-10-22(23)24)27-20-13-15-21(16-14-20)28-26(31)17-12-19-8-4-3-5-9-19/h3-12,17-18,20-21H,13-16H2,1-2H3,(H,27,29)(H,28,31)/b17-12+. The summed E-state index contributed by atoms with van der Waals surface area (Å²) in [6.45, 7) is 0. The number of carbonyl (C=O) groups is 1. The first-order valence-electron chi connectivity index (χ1n) is 11.0. The van der Waals surface area contributed by atoms with Crippen LogP contribution in [0.25, 0.3) is 17.0 Å². The lowest BCUT2D eigenvalue weighted by molar-refractivity contribution is -0.117. The molecule has 0 atom stereocenters. The van der Waals surface area contributed by atoms with Gasteiger partial charge in [-0.1, -0.05) is 48.5 Å². The molecule has 3 aromatic rings. The molecule has 2 aromatic carbocycles. The van der Waals surface area contributed by atoms with Crippen molar-refractivity contribution in [2.45, 2.75) is 37.8 Å². The predicted octanol–water partition coefficient (Wildman–Crippen LogP) is 4.85. The third kappa shape index (κ3) is 5.43. The van der Waals surface area contributed by atoms with Crippen LogP contribution >= 0.6 is 0 Å². The maximum atomic E-state index is 12.3. The van der Waals surface area contributed by atoms with E-state index in [-0.39, 0.29) is 11.9 Å². The minimum absolute atomic E-state index is 0.0212. The number of para-hydroxylation sites is 1. The fourth-order valence-electron chi connectivity index (χ4n) is 4.18. The largest absolute Gasteiger partial charge is 0.377 e. The second kappa shape index (κ2) is 9.65. The molecule has 1 aliphatic rings. The Labute approximate surface area is 184 Å². The molecule has 1 heterocycles. The Kier molecular flexibility index (Phi) is 6.51. The van der Waals surface area contributed by atoms with E-state index in [9.17, 15) is 4.79 Å². The number of rotatable bonds is 6. The van der Waals surface area contributed by atoms with Gasteiger partial charge >= 0.3 is 0 Å². The number of carbonyl (C=O) groups excluding carboxylic acids is 1. The van der Waals surface area contributed by atoms with Crippen molar-refractivity contribution in [3.05, 3.63) is 72.3 Å². The molecule has 31 heavy (non-hydrogen) atoms. The summed E-state index contributed by atoms with van der Waals surface area (Å²) in [7, 11) is 4.12. The molecule has 1 aliphatic carbocycles. The van der Waals surface area contributed by atoms with Crippen LogP contribution in [0.1, 0.15) is 31.2 Å². The fourth-order valence-corrected chi connectivity index (χ4v) is 4.18. The highest BCUT2D eigenvalue weighted by molar-refractivity contribution is 5.93. The van der Waals surface area contributed by atoms with Gasteiger partial charge in [0.15, 0.2) is 0 Å². The molecule has 2 N–H and O–H groups in total. The van der Waals surface area contributed by atoms with E-state index >= 15 is 0 Å². The minimum atomic E-state index is -0.0212. The molecule has 0 spiro atoms. The van der Waals surface area contributed by atoms with Gasteiger partial charge in [0, 0.05) is 49.4 Å². The number of aromatic nitrogens is 1. The zero-order chi connectivity index (χ0) is 21.6. The van der Waals surface area contributed by atoms with Gasteiger partial charge < -0.3 is 15.5 Å². The van der Waals surface area contributed by atoms with Crippen molar-refractivity contribution in [2.24, 2.45) is 0 Å². The number of pyridine rings is 1. The fraction of sp³-hybridized carbons (Fsp3) is 0.308. The molecule has 0 unspecified atom stereocenters. The van der Waals surface area contributed by atoms with Gasteiger partial charge in [-0.15, -0.1) is 0 Å². The molecular formula is C26H30N4O.